The molecule has 15 heavy (non-hydrogen) atoms. The second-order valence-corrected chi connectivity index (χ2v) is 5.08. The van der Waals surface area contributed by atoms with Gasteiger partial charge in [-0.1, -0.05) is 18.2 Å². The molecule has 2 heterocycles. The van der Waals surface area contributed by atoms with Crippen LogP contribution in [0, 0.1) is 13.8 Å². The lowest BCUT2D eigenvalue weighted by atomic mass is 10.1. The molecule has 0 unspecified atom stereocenters. The first-order chi connectivity index (χ1) is 7.25. The van der Waals surface area contributed by atoms with Crippen LogP contribution in [0.1, 0.15) is 10.4 Å². The van der Waals surface area contributed by atoms with Crippen LogP contribution in [0.4, 0.5) is 0 Å². The summed E-state index contributed by atoms with van der Waals surface area (Å²) in [5, 5.41) is 2.44. The molecule has 1 aromatic carbocycles. The minimum atomic E-state index is 1.11. The SMILES string of the molecule is Cc1cc(C)c2c3ccccc3nc-2s1. The summed E-state index contributed by atoms with van der Waals surface area (Å²) >= 11 is 1.77. The number of aryl methyl sites for hydroxylation is 2. The average molecular weight is 213 g/mol. The molecule has 74 valence electrons. The van der Waals surface area contributed by atoms with E-state index in [2.05, 4.69) is 43.1 Å². The first-order valence-electron chi connectivity index (χ1n) is 5.01. The molecule has 0 amide bonds. The van der Waals surface area contributed by atoms with Gasteiger partial charge in [0.25, 0.3) is 0 Å². The van der Waals surface area contributed by atoms with Gasteiger partial charge in [-0.05, 0) is 31.5 Å². The molecule has 3 rings (SSSR count). The molecular formula is C13H11NS. The molecule has 0 atom stereocenters. The Bertz CT molecular complexity index is 609. The van der Waals surface area contributed by atoms with E-state index in [9.17, 15) is 0 Å². The molecule has 2 aliphatic heterocycles. The number of nitrogens with zero attached hydrogens (tertiary/aromatic N) is 1. The van der Waals surface area contributed by atoms with Gasteiger partial charge in [-0.25, -0.2) is 4.98 Å². The fraction of sp³-hybridized carbons (Fsp3) is 0.154. The molecule has 2 aliphatic rings. The minimum Gasteiger partial charge on any atom is -0.237 e. The standard InChI is InChI=1S/C13H11NS/c1-8-7-9(2)15-13-12(8)10-5-3-4-6-11(10)14-13/h3-7H,1-2H3. The summed E-state index contributed by atoms with van der Waals surface area (Å²) in [7, 11) is 0. The predicted molar refractivity (Wildman–Crippen MR) is 65.7 cm³/mol. The summed E-state index contributed by atoms with van der Waals surface area (Å²) in [6, 6.07) is 10.6. The van der Waals surface area contributed by atoms with Gasteiger partial charge in [-0.2, -0.15) is 0 Å². The van der Waals surface area contributed by atoms with Crippen LogP contribution in [0.5, 0.6) is 0 Å². The van der Waals surface area contributed by atoms with E-state index in [1.165, 1.54) is 21.4 Å². The van der Waals surface area contributed by atoms with E-state index in [1.807, 2.05) is 6.07 Å². The van der Waals surface area contributed by atoms with Gasteiger partial charge in [-0.15, -0.1) is 11.3 Å². The van der Waals surface area contributed by atoms with E-state index in [0.29, 0.717) is 0 Å². The van der Waals surface area contributed by atoms with Crippen molar-refractivity contribution in [2.45, 2.75) is 13.8 Å². The number of rotatable bonds is 0. The number of benzene rings is 1. The number of aromatic nitrogens is 1. The summed E-state index contributed by atoms with van der Waals surface area (Å²) in [6.45, 7) is 4.30. The molecule has 1 aromatic rings. The lowest BCUT2D eigenvalue weighted by Crippen LogP contribution is -1.81. The molecule has 0 spiro atoms. The van der Waals surface area contributed by atoms with Crippen molar-refractivity contribution in [3.63, 3.8) is 0 Å². The fourth-order valence-corrected chi connectivity index (χ4v) is 3.13. The van der Waals surface area contributed by atoms with Gasteiger partial charge in [0.15, 0.2) is 0 Å². The van der Waals surface area contributed by atoms with Crippen LogP contribution in [0.2, 0.25) is 0 Å². The molecule has 0 fully saturated rings. The van der Waals surface area contributed by atoms with Crippen LogP contribution in [0.15, 0.2) is 30.3 Å². The fourth-order valence-electron chi connectivity index (χ4n) is 2.08. The maximum atomic E-state index is 4.66. The Labute approximate surface area is 92.7 Å². The van der Waals surface area contributed by atoms with E-state index < -0.39 is 0 Å². The van der Waals surface area contributed by atoms with Crippen molar-refractivity contribution in [3.8, 4) is 10.6 Å². The van der Waals surface area contributed by atoms with Gasteiger partial charge in [-0.3, -0.25) is 0 Å². The molecule has 0 aliphatic carbocycles. The maximum Gasteiger partial charge on any atom is 0.125 e. The van der Waals surface area contributed by atoms with E-state index in [1.54, 1.807) is 11.3 Å². The van der Waals surface area contributed by atoms with Crippen LogP contribution < -0.4 is 0 Å². The minimum absolute atomic E-state index is 1.11. The number of hydrogen-bond donors (Lipinski definition) is 0. The zero-order chi connectivity index (χ0) is 10.4. The number of para-hydroxylation sites is 1. The van der Waals surface area contributed by atoms with Crippen molar-refractivity contribution in [1.82, 2.24) is 4.98 Å². The molecule has 0 saturated heterocycles. The normalized spacial score (nSPS) is 11.3. The van der Waals surface area contributed by atoms with Gasteiger partial charge in [0.2, 0.25) is 0 Å². The van der Waals surface area contributed by atoms with Gasteiger partial charge in [0.05, 0.1) is 5.52 Å². The zero-order valence-electron chi connectivity index (χ0n) is 8.74. The van der Waals surface area contributed by atoms with Gasteiger partial charge >= 0.3 is 0 Å². The molecule has 0 radical (unpaired) electrons. The first-order valence-corrected chi connectivity index (χ1v) is 5.83. The third-order valence-corrected chi connectivity index (χ3v) is 3.61. The Kier molecular flexibility index (Phi) is 1.80. The summed E-state index contributed by atoms with van der Waals surface area (Å²) in [5.41, 5.74) is 3.76. The molecule has 0 bridgehead atoms. The second kappa shape index (κ2) is 3.04. The van der Waals surface area contributed by atoms with Gasteiger partial charge < -0.3 is 0 Å². The topological polar surface area (TPSA) is 12.9 Å². The Balaban J connectivity index is 2.54. The smallest absolute Gasteiger partial charge is 0.125 e. The Morgan fingerprint density at radius 1 is 1.13 bits per heavy atom. The van der Waals surface area contributed by atoms with Crippen LogP contribution in [0.25, 0.3) is 21.5 Å². The van der Waals surface area contributed by atoms with Crippen LogP contribution in [-0.4, -0.2) is 4.98 Å². The van der Waals surface area contributed by atoms with E-state index in [0.717, 1.165) is 10.5 Å². The highest BCUT2D eigenvalue weighted by atomic mass is 32.1. The highest BCUT2D eigenvalue weighted by Crippen LogP contribution is 2.37. The Morgan fingerprint density at radius 3 is 2.80 bits per heavy atom. The zero-order valence-corrected chi connectivity index (χ0v) is 9.56. The summed E-state index contributed by atoms with van der Waals surface area (Å²) in [5.74, 6) is 0. The third kappa shape index (κ3) is 1.25. The summed E-state index contributed by atoms with van der Waals surface area (Å²) in [4.78, 5) is 5.98. The predicted octanol–water partition coefficient (Wildman–Crippen LogP) is 4.02. The lowest BCUT2D eigenvalue weighted by molar-refractivity contribution is 1.43. The van der Waals surface area contributed by atoms with Crippen molar-refractivity contribution in [2.75, 3.05) is 0 Å². The Morgan fingerprint density at radius 2 is 1.93 bits per heavy atom. The number of hydrogen-bond acceptors (Lipinski definition) is 2. The van der Waals surface area contributed by atoms with Crippen molar-refractivity contribution < 1.29 is 0 Å². The van der Waals surface area contributed by atoms with Crippen molar-refractivity contribution >= 4 is 22.2 Å². The average Bonchev–Trinajstić information content (AvgIpc) is 2.54. The number of fused-ring (bicyclic) bond motifs is 3. The monoisotopic (exact) mass is 213 g/mol. The van der Waals surface area contributed by atoms with Crippen molar-refractivity contribution in [1.29, 1.82) is 0 Å². The first kappa shape index (κ1) is 8.86. The van der Waals surface area contributed by atoms with E-state index >= 15 is 0 Å². The highest BCUT2D eigenvalue weighted by Gasteiger charge is 2.14. The third-order valence-electron chi connectivity index (χ3n) is 2.68. The molecular weight excluding hydrogens is 202 g/mol. The summed E-state index contributed by atoms with van der Waals surface area (Å²) in [6.07, 6.45) is 0. The van der Waals surface area contributed by atoms with E-state index in [-0.39, 0.29) is 0 Å². The maximum absolute atomic E-state index is 4.66. The second-order valence-electron chi connectivity index (χ2n) is 3.85. The molecule has 1 nitrogen and oxygen atoms in total. The largest absolute Gasteiger partial charge is 0.237 e. The summed E-state index contributed by atoms with van der Waals surface area (Å²) < 4.78 is 0. The van der Waals surface area contributed by atoms with Gasteiger partial charge in [0.1, 0.15) is 5.01 Å². The van der Waals surface area contributed by atoms with Crippen LogP contribution in [-0.2, 0) is 0 Å². The lowest BCUT2D eigenvalue weighted by Gasteiger charge is -2.03. The van der Waals surface area contributed by atoms with Gasteiger partial charge in [0, 0.05) is 15.8 Å². The van der Waals surface area contributed by atoms with Crippen LogP contribution >= 0.6 is 11.3 Å². The molecule has 0 saturated carbocycles. The van der Waals surface area contributed by atoms with Crippen LogP contribution in [0.3, 0.4) is 0 Å². The van der Waals surface area contributed by atoms with Crippen molar-refractivity contribution in [2.24, 2.45) is 0 Å². The highest BCUT2D eigenvalue weighted by molar-refractivity contribution is 7.15. The molecule has 2 heteroatoms. The Hall–Kier alpha value is -1.41. The van der Waals surface area contributed by atoms with E-state index in [4.69, 9.17) is 0 Å². The molecule has 0 N–H and O–H groups in total. The molecule has 0 aromatic heterocycles. The van der Waals surface area contributed by atoms with Crippen molar-refractivity contribution in [3.05, 3.63) is 40.8 Å². The quantitative estimate of drug-likeness (QED) is 0.549.